The molecule has 0 aliphatic rings. The first-order valence-corrected chi connectivity index (χ1v) is 11.0. The molecular weight excluding hydrogens is 351 g/mol. The van der Waals surface area contributed by atoms with Crippen molar-refractivity contribution in [3.63, 3.8) is 0 Å². The van der Waals surface area contributed by atoms with Crippen LogP contribution in [0.25, 0.3) is 0 Å². The molecule has 0 aromatic heterocycles. The molecule has 0 fully saturated rings. The van der Waals surface area contributed by atoms with Crippen LogP contribution < -0.4 is 51.4 Å². The number of unbranched alkanes of at least 4 members (excludes halogenated alkanes) is 9. The summed E-state index contributed by atoms with van der Waals surface area (Å²) < 4.78 is 32.2. The summed E-state index contributed by atoms with van der Waals surface area (Å²) in [5, 5.41) is 9.12. The molecule has 0 amide bonds. The van der Waals surface area contributed by atoms with Crippen LogP contribution in [0.15, 0.2) is 0 Å². The minimum atomic E-state index is -4.10. The Balaban J connectivity index is 0. The van der Waals surface area contributed by atoms with E-state index >= 15 is 0 Å². The molecular formula is C18H37KO4S. The molecule has 0 aliphatic carbocycles. The molecule has 1 N–H and O–H groups in total. The molecule has 0 aliphatic heterocycles. The van der Waals surface area contributed by atoms with E-state index in [9.17, 15) is 18.1 Å². The van der Waals surface area contributed by atoms with E-state index < -0.39 is 15.4 Å². The van der Waals surface area contributed by atoms with Gasteiger partial charge in [-0.1, -0.05) is 77.6 Å². The molecule has 140 valence electrons. The average Bonchev–Trinajstić information content (AvgIpc) is 2.48. The Bertz CT molecular complexity index is 360. The normalized spacial score (nSPS) is 14.2. The van der Waals surface area contributed by atoms with Crippen LogP contribution in [0.1, 0.15) is 104 Å². The standard InChI is InChI=1S/C18H38O4S.K/c1-3-4-5-12-15-18(19)16-13-10-8-6-7-9-11-14-17(2)23(20,21)22;/h17-19H,3-16H2,1-2H3,(H,20,21,22);/q;+1/p-1. The second kappa shape index (κ2) is 17.9. The van der Waals surface area contributed by atoms with Gasteiger partial charge in [0, 0.05) is 5.25 Å². The molecule has 2 atom stereocenters. The van der Waals surface area contributed by atoms with Gasteiger partial charge in [-0.2, -0.15) is 0 Å². The largest absolute Gasteiger partial charge is 1.00 e. The van der Waals surface area contributed by atoms with Crippen LogP contribution in [0.3, 0.4) is 0 Å². The van der Waals surface area contributed by atoms with Crippen LogP contribution >= 0.6 is 0 Å². The summed E-state index contributed by atoms with van der Waals surface area (Å²) in [6.07, 6.45) is 14.6. The summed E-state index contributed by atoms with van der Waals surface area (Å²) in [6, 6.07) is 0. The van der Waals surface area contributed by atoms with Gasteiger partial charge in [0.15, 0.2) is 0 Å². The van der Waals surface area contributed by atoms with Crippen LogP contribution in [0.5, 0.6) is 0 Å². The first-order valence-electron chi connectivity index (χ1n) is 9.50. The van der Waals surface area contributed by atoms with Crippen molar-refractivity contribution in [2.45, 2.75) is 115 Å². The predicted octanol–water partition coefficient (Wildman–Crippen LogP) is 1.77. The van der Waals surface area contributed by atoms with Crippen LogP contribution in [-0.2, 0) is 10.1 Å². The maximum absolute atomic E-state index is 10.7. The fourth-order valence-electron chi connectivity index (χ4n) is 2.79. The van der Waals surface area contributed by atoms with Gasteiger partial charge in [0.05, 0.1) is 16.2 Å². The average molecular weight is 389 g/mol. The Morgan fingerprint density at radius 1 is 0.792 bits per heavy atom. The van der Waals surface area contributed by atoms with E-state index in [-0.39, 0.29) is 57.5 Å². The zero-order chi connectivity index (χ0) is 17.6. The van der Waals surface area contributed by atoms with E-state index in [2.05, 4.69) is 6.92 Å². The Morgan fingerprint density at radius 3 is 1.58 bits per heavy atom. The fraction of sp³-hybridized carbons (Fsp3) is 1.00. The molecule has 0 aromatic carbocycles. The third-order valence-electron chi connectivity index (χ3n) is 4.53. The van der Waals surface area contributed by atoms with Gasteiger partial charge in [0.2, 0.25) is 0 Å². The zero-order valence-corrected chi connectivity index (χ0v) is 20.1. The Labute approximate surface area is 192 Å². The van der Waals surface area contributed by atoms with E-state index in [1.54, 1.807) is 0 Å². The van der Waals surface area contributed by atoms with Gasteiger partial charge in [-0.05, 0) is 26.2 Å². The summed E-state index contributed by atoms with van der Waals surface area (Å²) in [5.74, 6) is 0. The van der Waals surface area contributed by atoms with Crippen molar-refractivity contribution in [3.8, 4) is 0 Å². The second-order valence-electron chi connectivity index (χ2n) is 6.86. The monoisotopic (exact) mass is 388 g/mol. The molecule has 0 spiro atoms. The topological polar surface area (TPSA) is 77.4 Å². The van der Waals surface area contributed by atoms with Gasteiger partial charge in [0.25, 0.3) is 0 Å². The third-order valence-corrected chi connectivity index (χ3v) is 5.75. The Morgan fingerprint density at radius 2 is 1.17 bits per heavy atom. The molecule has 4 nitrogen and oxygen atoms in total. The van der Waals surface area contributed by atoms with Crippen molar-refractivity contribution in [2.75, 3.05) is 0 Å². The van der Waals surface area contributed by atoms with Crippen LogP contribution in [-0.4, -0.2) is 29.4 Å². The maximum Gasteiger partial charge on any atom is 1.00 e. The number of rotatable bonds is 16. The summed E-state index contributed by atoms with van der Waals surface area (Å²) >= 11 is 0. The number of aliphatic hydroxyl groups excluding tert-OH is 1. The van der Waals surface area contributed by atoms with Crippen LogP contribution in [0, 0.1) is 0 Å². The van der Waals surface area contributed by atoms with Crippen molar-refractivity contribution in [1.29, 1.82) is 0 Å². The Hall–Kier alpha value is 1.51. The van der Waals surface area contributed by atoms with E-state index in [1.807, 2.05) is 0 Å². The van der Waals surface area contributed by atoms with Gasteiger partial charge in [-0.3, -0.25) is 0 Å². The summed E-state index contributed by atoms with van der Waals surface area (Å²) in [5.41, 5.74) is 0. The molecule has 0 heterocycles. The SMILES string of the molecule is CCCCCCC(O)CCCCCCCCCC(C)S(=O)(=O)[O-].[K+]. The molecule has 2 unspecified atom stereocenters. The van der Waals surface area contributed by atoms with Gasteiger partial charge in [-0.25, -0.2) is 8.42 Å². The summed E-state index contributed by atoms with van der Waals surface area (Å²) in [7, 11) is -4.10. The van der Waals surface area contributed by atoms with Crippen LogP contribution in [0.4, 0.5) is 0 Å². The quantitative estimate of drug-likeness (QED) is 0.248. The molecule has 24 heavy (non-hydrogen) atoms. The molecule has 0 rings (SSSR count). The smallest absolute Gasteiger partial charge is 0.748 e. The minimum Gasteiger partial charge on any atom is -0.748 e. The third kappa shape index (κ3) is 18.3. The van der Waals surface area contributed by atoms with Crippen LogP contribution in [0.2, 0.25) is 0 Å². The van der Waals surface area contributed by atoms with Crippen molar-refractivity contribution >= 4 is 10.1 Å². The summed E-state index contributed by atoms with van der Waals surface area (Å²) in [4.78, 5) is 0. The van der Waals surface area contributed by atoms with Crippen molar-refractivity contribution < 1.29 is 69.5 Å². The molecule has 0 bridgehead atoms. The number of hydrogen-bond donors (Lipinski definition) is 1. The van der Waals surface area contributed by atoms with E-state index in [1.165, 1.54) is 32.6 Å². The molecule has 6 heteroatoms. The fourth-order valence-corrected chi connectivity index (χ4v) is 3.25. The van der Waals surface area contributed by atoms with Gasteiger partial charge in [0.1, 0.15) is 0 Å². The Kier molecular flexibility index (Phi) is 20.7. The summed E-state index contributed by atoms with van der Waals surface area (Å²) in [6.45, 7) is 3.69. The number of aliphatic hydroxyl groups is 1. The molecule has 0 saturated heterocycles. The van der Waals surface area contributed by atoms with Gasteiger partial charge < -0.3 is 9.66 Å². The van der Waals surface area contributed by atoms with E-state index in [0.717, 1.165) is 57.8 Å². The zero-order valence-electron chi connectivity index (χ0n) is 16.1. The van der Waals surface area contributed by atoms with Crippen molar-refractivity contribution in [2.24, 2.45) is 0 Å². The van der Waals surface area contributed by atoms with E-state index in [0.29, 0.717) is 6.42 Å². The minimum absolute atomic E-state index is 0. The second-order valence-corrected chi connectivity index (χ2v) is 8.65. The number of hydrogen-bond acceptors (Lipinski definition) is 4. The molecule has 0 aromatic rings. The molecule has 0 saturated carbocycles. The van der Waals surface area contributed by atoms with Crippen molar-refractivity contribution in [1.82, 2.24) is 0 Å². The first-order chi connectivity index (χ1) is 10.9. The first kappa shape index (κ1) is 27.7. The van der Waals surface area contributed by atoms with Gasteiger partial charge >= 0.3 is 51.4 Å². The maximum atomic E-state index is 10.7. The predicted molar refractivity (Wildman–Crippen MR) is 95.5 cm³/mol. The molecule has 0 radical (unpaired) electrons. The van der Waals surface area contributed by atoms with Crippen molar-refractivity contribution in [3.05, 3.63) is 0 Å². The van der Waals surface area contributed by atoms with E-state index in [4.69, 9.17) is 0 Å². The van der Waals surface area contributed by atoms with Gasteiger partial charge in [-0.15, -0.1) is 0 Å².